The maximum Gasteiger partial charge on any atom is 0.337 e. The highest BCUT2D eigenvalue weighted by Gasteiger charge is 2.15. The summed E-state index contributed by atoms with van der Waals surface area (Å²) in [6.45, 7) is 3.84. The average molecular weight is 417 g/mol. The summed E-state index contributed by atoms with van der Waals surface area (Å²) in [4.78, 5) is 19.1. The van der Waals surface area contributed by atoms with E-state index in [0.717, 1.165) is 28.0 Å². The van der Waals surface area contributed by atoms with Crippen molar-refractivity contribution in [3.8, 4) is 11.8 Å². The molecule has 0 unspecified atom stereocenters. The monoisotopic (exact) mass is 416 g/mol. The molecule has 0 aliphatic heterocycles. The van der Waals surface area contributed by atoms with Crippen molar-refractivity contribution < 1.29 is 9.90 Å². The number of carboxylic acid groups (broad SMARTS) is 1. The zero-order valence-corrected chi connectivity index (χ0v) is 17.0. The van der Waals surface area contributed by atoms with Gasteiger partial charge in [0.25, 0.3) is 0 Å². The van der Waals surface area contributed by atoms with Gasteiger partial charge in [-0.15, -0.1) is 0 Å². The minimum absolute atomic E-state index is 0.0405. The number of carbonyl (C=O) groups is 1. The van der Waals surface area contributed by atoms with Gasteiger partial charge in [0.05, 0.1) is 27.2 Å². The number of para-hydroxylation sites is 2. The molecule has 6 nitrogen and oxygen atoms in total. The number of fused-ring (bicyclic) bond motifs is 1. The van der Waals surface area contributed by atoms with E-state index in [4.69, 9.17) is 11.6 Å². The van der Waals surface area contributed by atoms with E-state index in [1.807, 2.05) is 48.7 Å². The third kappa shape index (κ3) is 3.36. The molecule has 2 aromatic heterocycles. The van der Waals surface area contributed by atoms with Crippen LogP contribution < -0.4 is 0 Å². The Morgan fingerprint density at radius 3 is 2.70 bits per heavy atom. The molecule has 7 heteroatoms. The highest BCUT2D eigenvalue weighted by Crippen LogP contribution is 2.27. The number of nitrogens with zero attached hydrogens (tertiary/aromatic N) is 3. The summed E-state index contributed by atoms with van der Waals surface area (Å²) >= 11 is 6.01. The standard InChI is InChI=1S/C23H17ClN4O2/c1-13-9-15(10-16(12-25)22-26-20-5-3-4-6-21(20)27-22)14(2)28(13)17-7-8-19(24)18(11-17)23(29)30/h3-11H,1-2H3,(H,26,27)(H,29,30)/b16-10+. The first-order valence-electron chi connectivity index (χ1n) is 9.18. The molecule has 0 aliphatic rings. The number of hydrogen-bond donors (Lipinski definition) is 2. The molecule has 0 spiro atoms. The van der Waals surface area contributed by atoms with Crippen LogP contribution in [0.1, 0.15) is 33.1 Å². The Labute approximate surface area is 177 Å². The first-order valence-corrected chi connectivity index (χ1v) is 9.56. The molecule has 0 aliphatic carbocycles. The molecule has 2 N–H and O–H groups in total. The van der Waals surface area contributed by atoms with Gasteiger partial charge in [0.1, 0.15) is 11.9 Å². The fourth-order valence-corrected chi connectivity index (χ4v) is 3.74. The zero-order valence-electron chi connectivity index (χ0n) is 16.3. The van der Waals surface area contributed by atoms with Gasteiger partial charge in [-0.3, -0.25) is 0 Å². The minimum atomic E-state index is -1.08. The Hall–Kier alpha value is -3.82. The molecule has 2 aromatic carbocycles. The van der Waals surface area contributed by atoms with E-state index >= 15 is 0 Å². The predicted octanol–water partition coefficient (Wildman–Crippen LogP) is 5.39. The van der Waals surface area contributed by atoms with Crippen LogP contribution >= 0.6 is 11.6 Å². The van der Waals surface area contributed by atoms with E-state index in [0.29, 0.717) is 17.1 Å². The molecule has 4 aromatic rings. The molecule has 4 rings (SSSR count). The number of carboxylic acids is 1. The summed E-state index contributed by atoms with van der Waals surface area (Å²) in [6, 6.07) is 16.7. The van der Waals surface area contributed by atoms with Gasteiger partial charge in [-0.2, -0.15) is 5.26 Å². The smallest absolute Gasteiger partial charge is 0.337 e. The summed E-state index contributed by atoms with van der Waals surface area (Å²) < 4.78 is 1.93. The van der Waals surface area contributed by atoms with Crippen LogP contribution in [0.5, 0.6) is 0 Å². The number of halogens is 1. The Bertz CT molecular complexity index is 1340. The topological polar surface area (TPSA) is 94.7 Å². The third-order valence-electron chi connectivity index (χ3n) is 4.97. The number of rotatable bonds is 4. The lowest BCUT2D eigenvalue weighted by atomic mass is 10.1. The Morgan fingerprint density at radius 1 is 1.23 bits per heavy atom. The van der Waals surface area contributed by atoms with Gasteiger partial charge in [-0.05, 0) is 61.9 Å². The van der Waals surface area contributed by atoms with Crippen LogP contribution in [-0.2, 0) is 0 Å². The van der Waals surface area contributed by atoms with Crippen molar-refractivity contribution in [3.63, 3.8) is 0 Å². The van der Waals surface area contributed by atoms with Crippen molar-refractivity contribution in [2.75, 3.05) is 0 Å². The van der Waals surface area contributed by atoms with Crippen molar-refractivity contribution in [1.82, 2.24) is 14.5 Å². The number of benzene rings is 2. The molecular weight excluding hydrogens is 400 g/mol. The lowest BCUT2D eigenvalue weighted by Gasteiger charge is -2.11. The second kappa shape index (κ2) is 7.54. The SMILES string of the molecule is Cc1cc(/C=C(\C#N)c2nc3ccccc3[nH]2)c(C)n1-c1ccc(Cl)c(C(=O)O)c1. The summed E-state index contributed by atoms with van der Waals surface area (Å²) in [6.07, 6.45) is 1.78. The third-order valence-corrected chi connectivity index (χ3v) is 5.30. The number of aromatic nitrogens is 3. The van der Waals surface area contributed by atoms with Crippen LogP contribution in [0.4, 0.5) is 0 Å². The van der Waals surface area contributed by atoms with Crippen molar-refractivity contribution in [2.24, 2.45) is 0 Å². The predicted molar refractivity (Wildman–Crippen MR) is 117 cm³/mol. The normalized spacial score (nSPS) is 11.6. The first-order chi connectivity index (χ1) is 14.4. The van der Waals surface area contributed by atoms with Crippen molar-refractivity contribution >= 4 is 40.3 Å². The molecule has 30 heavy (non-hydrogen) atoms. The summed E-state index contributed by atoms with van der Waals surface area (Å²) in [5, 5.41) is 19.3. The molecule has 0 fully saturated rings. The van der Waals surface area contributed by atoms with Gasteiger partial charge in [0.15, 0.2) is 0 Å². The van der Waals surface area contributed by atoms with Crippen LogP contribution in [-0.4, -0.2) is 25.6 Å². The number of nitrogens with one attached hydrogen (secondary N) is 1. The molecule has 0 saturated heterocycles. The summed E-state index contributed by atoms with van der Waals surface area (Å²) in [5.74, 6) is -0.579. The zero-order chi connectivity index (χ0) is 21.4. The number of aromatic amines is 1. The maximum atomic E-state index is 11.4. The lowest BCUT2D eigenvalue weighted by Crippen LogP contribution is -2.03. The van der Waals surface area contributed by atoms with Crippen molar-refractivity contribution in [3.05, 3.63) is 81.9 Å². The minimum Gasteiger partial charge on any atom is -0.478 e. The van der Waals surface area contributed by atoms with E-state index in [2.05, 4.69) is 16.0 Å². The average Bonchev–Trinajstić information content (AvgIpc) is 3.27. The number of H-pyrrole nitrogens is 1. The fourth-order valence-electron chi connectivity index (χ4n) is 3.54. The van der Waals surface area contributed by atoms with Gasteiger partial charge in [-0.1, -0.05) is 23.7 Å². The van der Waals surface area contributed by atoms with Crippen LogP contribution in [0.25, 0.3) is 28.4 Å². The van der Waals surface area contributed by atoms with Crippen molar-refractivity contribution in [2.45, 2.75) is 13.8 Å². The van der Waals surface area contributed by atoms with Gasteiger partial charge < -0.3 is 14.7 Å². The Balaban J connectivity index is 1.81. The van der Waals surface area contributed by atoms with E-state index < -0.39 is 5.97 Å². The van der Waals surface area contributed by atoms with Crippen LogP contribution in [0.15, 0.2) is 48.5 Å². The van der Waals surface area contributed by atoms with Gasteiger partial charge in [-0.25, -0.2) is 9.78 Å². The Kier molecular flexibility index (Phi) is 4.90. The lowest BCUT2D eigenvalue weighted by molar-refractivity contribution is 0.0697. The number of imidazole rings is 1. The van der Waals surface area contributed by atoms with Gasteiger partial charge in [0, 0.05) is 17.1 Å². The quantitative estimate of drug-likeness (QED) is 0.436. The van der Waals surface area contributed by atoms with Crippen molar-refractivity contribution in [1.29, 1.82) is 5.26 Å². The molecule has 148 valence electrons. The summed E-state index contributed by atoms with van der Waals surface area (Å²) in [7, 11) is 0. The molecule has 0 amide bonds. The highest BCUT2D eigenvalue weighted by molar-refractivity contribution is 6.33. The number of aryl methyl sites for hydroxylation is 1. The van der Waals surface area contributed by atoms with Crippen LogP contribution in [0, 0.1) is 25.2 Å². The number of allylic oxidation sites excluding steroid dienone is 1. The maximum absolute atomic E-state index is 11.4. The fraction of sp³-hybridized carbons (Fsp3) is 0.0870. The molecule has 0 saturated carbocycles. The number of hydrogen-bond acceptors (Lipinski definition) is 3. The first kappa shape index (κ1) is 19.5. The Morgan fingerprint density at radius 2 is 2.00 bits per heavy atom. The van der Waals surface area contributed by atoms with E-state index in [1.54, 1.807) is 24.3 Å². The second-order valence-corrected chi connectivity index (χ2v) is 7.31. The molecule has 0 bridgehead atoms. The van der Waals surface area contributed by atoms with Gasteiger partial charge >= 0.3 is 5.97 Å². The van der Waals surface area contributed by atoms with Crippen LogP contribution in [0.3, 0.4) is 0 Å². The van der Waals surface area contributed by atoms with E-state index in [9.17, 15) is 15.2 Å². The summed E-state index contributed by atoms with van der Waals surface area (Å²) in [5.41, 5.74) is 5.41. The molecular formula is C23H17ClN4O2. The van der Waals surface area contributed by atoms with Gasteiger partial charge in [0.2, 0.25) is 0 Å². The molecule has 2 heterocycles. The number of aromatic carboxylic acids is 1. The van der Waals surface area contributed by atoms with E-state index in [1.165, 1.54) is 0 Å². The second-order valence-electron chi connectivity index (χ2n) is 6.90. The van der Waals surface area contributed by atoms with Crippen LogP contribution in [0.2, 0.25) is 5.02 Å². The van der Waals surface area contributed by atoms with E-state index in [-0.39, 0.29) is 10.6 Å². The molecule has 0 atom stereocenters. The largest absolute Gasteiger partial charge is 0.478 e. The highest BCUT2D eigenvalue weighted by atomic mass is 35.5. The number of nitriles is 1. The molecule has 0 radical (unpaired) electrons.